The molecule has 0 spiro atoms. The van der Waals surface area contributed by atoms with Crippen molar-refractivity contribution >= 4 is 5.91 Å². The molecule has 0 aromatic heterocycles. The van der Waals surface area contributed by atoms with Gasteiger partial charge < -0.3 is 10.2 Å². The quantitative estimate of drug-likeness (QED) is 0.772. The Bertz CT molecular complexity index is 420. The average Bonchev–Trinajstić information content (AvgIpc) is 2.38. The minimum atomic E-state index is -0.832. The molecule has 1 N–H and O–H groups in total. The van der Waals surface area contributed by atoms with Crippen LogP contribution in [-0.4, -0.2) is 37.0 Å². The molecule has 0 fully saturated rings. The second-order valence-corrected chi connectivity index (χ2v) is 4.26. The second-order valence-electron chi connectivity index (χ2n) is 4.26. The first-order valence-corrected chi connectivity index (χ1v) is 6.54. The summed E-state index contributed by atoms with van der Waals surface area (Å²) >= 11 is 0. The highest BCUT2D eigenvalue weighted by Crippen LogP contribution is 2.09. The van der Waals surface area contributed by atoms with E-state index in [0.717, 1.165) is 38.2 Å². The molecular weight excluding hydrogens is 250 g/mol. The largest absolute Gasteiger partial charge is 0.352 e. The minimum absolute atomic E-state index is 0.121. The average molecular weight is 270 g/mol. The van der Waals surface area contributed by atoms with E-state index in [2.05, 4.69) is 24.1 Å². The molecule has 1 amide bonds. The topological polar surface area (TPSA) is 32.3 Å². The van der Waals surface area contributed by atoms with Crippen molar-refractivity contribution in [1.29, 1.82) is 0 Å². The molecule has 106 valence electrons. The molecule has 1 rings (SSSR count). The standard InChI is InChI=1S/C14H20F2N2O/c1-3-18(4-2)9-5-8-17-14(19)12-7-6-11(15)10-13(12)16/h6-7,10H,3-5,8-9H2,1-2H3,(H,17,19). The molecule has 0 atom stereocenters. The number of carbonyl (C=O) groups excluding carboxylic acids is 1. The lowest BCUT2D eigenvalue weighted by Crippen LogP contribution is -2.30. The van der Waals surface area contributed by atoms with Gasteiger partial charge in [0.15, 0.2) is 0 Å². The monoisotopic (exact) mass is 270 g/mol. The van der Waals surface area contributed by atoms with Crippen LogP contribution in [-0.2, 0) is 0 Å². The van der Waals surface area contributed by atoms with E-state index in [4.69, 9.17) is 0 Å². The summed E-state index contributed by atoms with van der Waals surface area (Å²) in [5.74, 6) is -2.02. The van der Waals surface area contributed by atoms with Crippen LogP contribution in [0.2, 0.25) is 0 Å². The first kappa shape index (κ1) is 15.6. The van der Waals surface area contributed by atoms with Gasteiger partial charge in [-0.3, -0.25) is 4.79 Å². The first-order chi connectivity index (χ1) is 9.08. The second kappa shape index (κ2) is 7.84. The van der Waals surface area contributed by atoms with Gasteiger partial charge in [0, 0.05) is 12.6 Å². The van der Waals surface area contributed by atoms with Gasteiger partial charge in [-0.2, -0.15) is 0 Å². The third-order valence-electron chi connectivity index (χ3n) is 3.01. The number of nitrogens with zero attached hydrogens (tertiary/aromatic N) is 1. The van der Waals surface area contributed by atoms with E-state index in [-0.39, 0.29) is 5.56 Å². The summed E-state index contributed by atoms with van der Waals surface area (Å²) in [6, 6.07) is 2.95. The van der Waals surface area contributed by atoms with Gasteiger partial charge in [-0.25, -0.2) is 8.78 Å². The molecule has 0 radical (unpaired) electrons. The summed E-state index contributed by atoms with van der Waals surface area (Å²) < 4.78 is 26.0. The highest BCUT2D eigenvalue weighted by molar-refractivity contribution is 5.94. The molecule has 1 aromatic carbocycles. The van der Waals surface area contributed by atoms with E-state index in [1.54, 1.807) is 0 Å². The van der Waals surface area contributed by atoms with E-state index in [1.807, 2.05) is 0 Å². The molecule has 0 saturated heterocycles. The molecule has 0 bridgehead atoms. The molecule has 0 unspecified atom stereocenters. The van der Waals surface area contributed by atoms with Crippen molar-refractivity contribution in [2.45, 2.75) is 20.3 Å². The Morgan fingerprint density at radius 2 is 1.95 bits per heavy atom. The maximum atomic E-state index is 13.3. The molecular formula is C14H20F2N2O. The van der Waals surface area contributed by atoms with Crippen LogP contribution in [0.1, 0.15) is 30.6 Å². The van der Waals surface area contributed by atoms with Crippen molar-refractivity contribution in [3.05, 3.63) is 35.4 Å². The fraction of sp³-hybridized carbons (Fsp3) is 0.500. The summed E-state index contributed by atoms with van der Waals surface area (Å²) in [5.41, 5.74) is -0.121. The molecule has 5 heteroatoms. The van der Waals surface area contributed by atoms with E-state index in [9.17, 15) is 13.6 Å². The number of rotatable bonds is 7. The van der Waals surface area contributed by atoms with Gasteiger partial charge in [-0.15, -0.1) is 0 Å². The molecule has 0 heterocycles. The minimum Gasteiger partial charge on any atom is -0.352 e. The summed E-state index contributed by atoms with van der Waals surface area (Å²) in [4.78, 5) is 13.9. The summed E-state index contributed by atoms with van der Waals surface area (Å²) in [5, 5.41) is 2.63. The van der Waals surface area contributed by atoms with Gasteiger partial charge in [-0.05, 0) is 38.2 Å². The van der Waals surface area contributed by atoms with Gasteiger partial charge in [0.2, 0.25) is 0 Å². The Morgan fingerprint density at radius 3 is 2.53 bits per heavy atom. The highest BCUT2D eigenvalue weighted by Gasteiger charge is 2.11. The van der Waals surface area contributed by atoms with Gasteiger partial charge in [0.25, 0.3) is 5.91 Å². The van der Waals surface area contributed by atoms with Gasteiger partial charge in [0.1, 0.15) is 11.6 Å². The van der Waals surface area contributed by atoms with Crippen molar-refractivity contribution < 1.29 is 13.6 Å². The molecule has 3 nitrogen and oxygen atoms in total. The third-order valence-corrected chi connectivity index (χ3v) is 3.01. The number of amides is 1. The van der Waals surface area contributed by atoms with Crippen molar-refractivity contribution in [2.24, 2.45) is 0 Å². The maximum Gasteiger partial charge on any atom is 0.254 e. The number of hydrogen-bond donors (Lipinski definition) is 1. The smallest absolute Gasteiger partial charge is 0.254 e. The zero-order valence-electron chi connectivity index (χ0n) is 11.4. The fourth-order valence-corrected chi connectivity index (χ4v) is 1.81. The van der Waals surface area contributed by atoms with E-state index < -0.39 is 17.5 Å². The Hall–Kier alpha value is -1.49. The lowest BCUT2D eigenvalue weighted by molar-refractivity contribution is 0.0947. The number of nitrogens with one attached hydrogen (secondary N) is 1. The molecule has 0 aliphatic heterocycles. The van der Waals surface area contributed by atoms with E-state index in [1.165, 1.54) is 0 Å². The van der Waals surface area contributed by atoms with Gasteiger partial charge >= 0.3 is 0 Å². The van der Waals surface area contributed by atoms with Crippen LogP contribution >= 0.6 is 0 Å². The molecule has 0 saturated carbocycles. The van der Waals surface area contributed by atoms with Crippen molar-refractivity contribution in [1.82, 2.24) is 10.2 Å². The van der Waals surface area contributed by atoms with Crippen LogP contribution in [0.3, 0.4) is 0 Å². The predicted octanol–water partition coefficient (Wildman–Crippen LogP) is 2.43. The van der Waals surface area contributed by atoms with Crippen LogP contribution in [0.4, 0.5) is 8.78 Å². The summed E-state index contributed by atoms with van der Waals surface area (Å²) in [6.07, 6.45) is 0.802. The molecule has 0 aliphatic carbocycles. The lowest BCUT2D eigenvalue weighted by Gasteiger charge is -2.17. The number of halogens is 2. The number of hydrogen-bond acceptors (Lipinski definition) is 2. The SMILES string of the molecule is CCN(CC)CCCNC(=O)c1ccc(F)cc1F. The van der Waals surface area contributed by atoms with Gasteiger partial charge in [-0.1, -0.05) is 13.8 Å². The molecule has 0 aliphatic rings. The first-order valence-electron chi connectivity index (χ1n) is 6.54. The normalized spacial score (nSPS) is 10.8. The zero-order valence-corrected chi connectivity index (χ0v) is 11.4. The summed E-state index contributed by atoms with van der Waals surface area (Å²) in [6.45, 7) is 7.46. The summed E-state index contributed by atoms with van der Waals surface area (Å²) in [7, 11) is 0. The van der Waals surface area contributed by atoms with Crippen LogP contribution in [0.5, 0.6) is 0 Å². The molecule has 19 heavy (non-hydrogen) atoms. The van der Waals surface area contributed by atoms with Crippen molar-refractivity contribution in [2.75, 3.05) is 26.2 Å². The van der Waals surface area contributed by atoms with Gasteiger partial charge in [0.05, 0.1) is 5.56 Å². The van der Waals surface area contributed by atoms with Crippen LogP contribution in [0.25, 0.3) is 0 Å². The molecule has 1 aromatic rings. The Labute approximate surface area is 112 Å². The predicted molar refractivity (Wildman–Crippen MR) is 71.1 cm³/mol. The van der Waals surface area contributed by atoms with Crippen molar-refractivity contribution in [3.8, 4) is 0 Å². The van der Waals surface area contributed by atoms with E-state index in [0.29, 0.717) is 12.6 Å². The Balaban J connectivity index is 2.39. The van der Waals surface area contributed by atoms with Crippen LogP contribution in [0.15, 0.2) is 18.2 Å². The maximum absolute atomic E-state index is 13.3. The number of carbonyl (C=O) groups is 1. The Morgan fingerprint density at radius 1 is 1.26 bits per heavy atom. The zero-order chi connectivity index (χ0) is 14.3. The Kier molecular flexibility index (Phi) is 6.42. The third kappa shape index (κ3) is 4.95. The lowest BCUT2D eigenvalue weighted by atomic mass is 10.2. The fourth-order valence-electron chi connectivity index (χ4n) is 1.81. The van der Waals surface area contributed by atoms with Crippen LogP contribution < -0.4 is 5.32 Å². The van der Waals surface area contributed by atoms with E-state index >= 15 is 0 Å². The van der Waals surface area contributed by atoms with Crippen molar-refractivity contribution in [3.63, 3.8) is 0 Å². The highest BCUT2D eigenvalue weighted by atomic mass is 19.1. The van der Waals surface area contributed by atoms with Crippen LogP contribution in [0, 0.1) is 11.6 Å². The number of benzene rings is 1.